The Morgan fingerprint density at radius 2 is 1.91 bits per heavy atom. The summed E-state index contributed by atoms with van der Waals surface area (Å²) in [6, 6.07) is 11.5. The van der Waals surface area contributed by atoms with Crippen molar-refractivity contribution in [2.24, 2.45) is 5.41 Å². The molecule has 2 aromatic rings. The number of ether oxygens (including phenoxy) is 1. The highest BCUT2D eigenvalue weighted by atomic mass is 16.5. The molecule has 0 unspecified atom stereocenters. The number of rotatable bonds is 2. The van der Waals surface area contributed by atoms with E-state index in [1.165, 1.54) is 5.56 Å². The molecule has 1 aromatic heterocycles. The first-order chi connectivity index (χ1) is 15.6. The second kappa shape index (κ2) is 10.3. The molecule has 5 rings (SSSR count). The van der Waals surface area contributed by atoms with Gasteiger partial charge in [-0.15, -0.1) is 0 Å². The lowest BCUT2D eigenvalue weighted by molar-refractivity contribution is 0.0319. The topological polar surface area (TPSA) is 91.9 Å². The van der Waals surface area contributed by atoms with Crippen LogP contribution in [0.2, 0.25) is 0 Å². The number of carbonyl (C=O) groups is 1. The van der Waals surface area contributed by atoms with E-state index >= 15 is 0 Å². The molecule has 1 amide bonds. The van der Waals surface area contributed by atoms with Crippen LogP contribution < -0.4 is 10.5 Å². The largest absolute Gasteiger partial charge is 0.491 e. The van der Waals surface area contributed by atoms with Crippen molar-refractivity contribution in [1.82, 2.24) is 14.8 Å². The number of piperidine rings is 1. The highest BCUT2D eigenvalue weighted by Gasteiger charge is 2.34. The van der Waals surface area contributed by atoms with Crippen LogP contribution in [-0.4, -0.2) is 65.2 Å². The lowest BCUT2D eigenvalue weighted by Crippen LogP contribution is -2.41. The molecule has 1 fully saturated rings. The minimum Gasteiger partial charge on any atom is -0.491 e. The lowest BCUT2D eigenvalue weighted by Gasteiger charge is -2.41. The smallest absolute Gasteiger partial charge is 0.254 e. The third-order valence-corrected chi connectivity index (χ3v) is 6.94. The third kappa shape index (κ3) is 5.40. The summed E-state index contributed by atoms with van der Waals surface area (Å²) < 4.78 is 6.15. The Bertz CT molecular complexity index is 912. The second-order valence-corrected chi connectivity index (χ2v) is 9.11. The number of anilines is 1. The van der Waals surface area contributed by atoms with Gasteiger partial charge in [0, 0.05) is 37.0 Å². The van der Waals surface area contributed by atoms with Crippen LogP contribution >= 0.6 is 0 Å². The number of nitrogen functional groups attached to an aromatic ring is 1. The van der Waals surface area contributed by atoms with Gasteiger partial charge in [0.15, 0.2) is 0 Å². The number of hydrogen-bond acceptors (Lipinski definition) is 6. The van der Waals surface area contributed by atoms with Gasteiger partial charge in [-0.05, 0) is 62.4 Å². The Morgan fingerprint density at radius 3 is 2.69 bits per heavy atom. The van der Waals surface area contributed by atoms with Crippen LogP contribution in [0, 0.1) is 5.41 Å². The minimum absolute atomic E-state index is 0.00108. The molecule has 0 atom stereocenters. The molecule has 0 spiro atoms. The van der Waals surface area contributed by atoms with Gasteiger partial charge < -0.3 is 20.5 Å². The van der Waals surface area contributed by atoms with Crippen LogP contribution in [0.1, 0.15) is 48.0 Å². The summed E-state index contributed by atoms with van der Waals surface area (Å²) >= 11 is 0. The predicted octanol–water partition coefficient (Wildman–Crippen LogP) is 2.94. The number of para-hydroxylation sites is 1. The molecule has 4 heterocycles. The molecular formula is C25H34N4O3. The molecule has 0 saturated carbocycles. The van der Waals surface area contributed by atoms with Crippen molar-refractivity contribution >= 4 is 11.7 Å². The summed E-state index contributed by atoms with van der Waals surface area (Å²) in [5.74, 6) is 1.17. The van der Waals surface area contributed by atoms with Crippen LogP contribution in [-0.2, 0) is 6.54 Å². The SMILES string of the molecule is Nc1cc(C(=O)N2CCCCC3(CO)CCN(CC3)Cc3ccccc3OCC2)ccn1. The van der Waals surface area contributed by atoms with Crippen molar-refractivity contribution in [3.63, 3.8) is 0 Å². The molecule has 3 aliphatic heterocycles. The van der Waals surface area contributed by atoms with E-state index in [1.54, 1.807) is 18.3 Å². The van der Waals surface area contributed by atoms with E-state index in [9.17, 15) is 9.90 Å². The van der Waals surface area contributed by atoms with Crippen LogP contribution in [0.25, 0.3) is 0 Å². The van der Waals surface area contributed by atoms with Gasteiger partial charge >= 0.3 is 0 Å². The Hall–Kier alpha value is -2.64. The maximum atomic E-state index is 13.2. The number of nitrogens with two attached hydrogens (primary N) is 1. The van der Waals surface area contributed by atoms with Gasteiger partial charge in [-0.25, -0.2) is 4.98 Å². The van der Waals surface area contributed by atoms with Crippen LogP contribution in [0.4, 0.5) is 5.82 Å². The van der Waals surface area contributed by atoms with E-state index in [0.717, 1.165) is 57.5 Å². The summed E-state index contributed by atoms with van der Waals surface area (Å²) in [7, 11) is 0. The number of aliphatic hydroxyl groups is 1. The Morgan fingerprint density at radius 1 is 1.09 bits per heavy atom. The zero-order valence-electron chi connectivity index (χ0n) is 18.7. The molecule has 32 heavy (non-hydrogen) atoms. The second-order valence-electron chi connectivity index (χ2n) is 9.11. The van der Waals surface area contributed by atoms with Gasteiger partial charge in [0.1, 0.15) is 18.2 Å². The van der Waals surface area contributed by atoms with E-state index in [2.05, 4.69) is 16.0 Å². The maximum absolute atomic E-state index is 13.2. The summed E-state index contributed by atoms with van der Waals surface area (Å²) in [4.78, 5) is 21.5. The fourth-order valence-corrected chi connectivity index (χ4v) is 4.84. The standard InChI is InChI=1S/C25H34N4O3/c26-23-17-20(7-11-27-23)24(31)29-12-4-3-8-25(19-30)9-13-28(14-10-25)18-21-5-1-2-6-22(21)32-16-15-29/h1-2,5-7,11,17,30H,3-4,8-10,12-16,18-19H2,(H2,26,27). The highest BCUT2D eigenvalue weighted by Crippen LogP contribution is 2.37. The lowest BCUT2D eigenvalue weighted by atomic mass is 9.75. The number of carbonyl (C=O) groups excluding carboxylic acids is 1. The number of benzene rings is 1. The van der Waals surface area contributed by atoms with Gasteiger partial charge in [0.2, 0.25) is 0 Å². The Kier molecular flexibility index (Phi) is 7.27. The number of fused-ring (bicyclic) bond motifs is 9. The van der Waals surface area contributed by atoms with Gasteiger partial charge in [-0.1, -0.05) is 24.6 Å². The first-order valence-corrected chi connectivity index (χ1v) is 11.6. The van der Waals surface area contributed by atoms with Gasteiger partial charge in [-0.2, -0.15) is 0 Å². The molecule has 3 N–H and O–H groups in total. The molecule has 7 nitrogen and oxygen atoms in total. The zero-order chi connectivity index (χ0) is 22.4. The van der Waals surface area contributed by atoms with Crippen LogP contribution in [0.15, 0.2) is 42.6 Å². The van der Waals surface area contributed by atoms with Crippen molar-refractivity contribution in [2.45, 2.75) is 38.6 Å². The first-order valence-electron chi connectivity index (χ1n) is 11.6. The zero-order valence-corrected chi connectivity index (χ0v) is 18.7. The molecule has 1 saturated heterocycles. The van der Waals surface area contributed by atoms with Crippen molar-refractivity contribution in [1.29, 1.82) is 0 Å². The minimum atomic E-state index is -0.0517. The highest BCUT2D eigenvalue weighted by molar-refractivity contribution is 5.94. The molecule has 3 aliphatic rings. The van der Waals surface area contributed by atoms with Gasteiger partial charge in [0.05, 0.1) is 6.54 Å². The number of amides is 1. The summed E-state index contributed by atoms with van der Waals surface area (Å²) in [5, 5.41) is 10.2. The average Bonchev–Trinajstić information content (AvgIpc) is 2.83. The fraction of sp³-hybridized carbons (Fsp3) is 0.520. The molecule has 0 aliphatic carbocycles. The first kappa shape index (κ1) is 22.6. The maximum Gasteiger partial charge on any atom is 0.254 e. The molecule has 7 heteroatoms. The number of pyridine rings is 1. The van der Waals surface area contributed by atoms with Crippen molar-refractivity contribution in [2.75, 3.05) is 45.1 Å². The molecule has 172 valence electrons. The van der Waals surface area contributed by atoms with Crippen LogP contribution in [0.3, 0.4) is 0 Å². The number of nitrogens with zero attached hydrogens (tertiary/aromatic N) is 3. The van der Waals surface area contributed by atoms with Gasteiger partial charge in [0.25, 0.3) is 5.91 Å². The van der Waals surface area contributed by atoms with E-state index in [0.29, 0.717) is 31.1 Å². The van der Waals surface area contributed by atoms with Crippen LogP contribution in [0.5, 0.6) is 5.75 Å². The predicted molar refractivity (Wildman–Crippen MR) is 124 cm³/mol. The Balaban J connectivity index is 1.54. The average molecular weight is 439 g/mol. The fourth-order valence-electron chi connectivity index (χ4n) is 4.84. The number of aromatic nitrogens is 1. The summed E-state index contributed by atoms with van der Waals surface area (Å²) in [6.45, 7) is 4.65. The van der Waals surface area contributed by atoms with Crippen molar-refractivity contribution in [3.8, 4) is 5.75 Å². The van der Waals surface area contributed by atoms with E-state index in [1.807, 2.05) is 23.1 Å². The van der Waals surface area contributed by atoms with Crippen molar-refractivity contribution in [3.05, 3.63) is 53.7 Å². The number of hydrogen-bond donors (Lipinski definition) is 2. The molecule has 1 aromatic carbocycles. The molecule has 2 bridgehead atoms. The van der Waals surface area contributed by atoms with E-state index in [-0.39, 0.29) is 17.9 Å². The number of aliphatic hydroxyl groups excluding tert-OH is 1. The normalized spacial score (nSPS) is 24.7. The van der Waals surface area contributed by atoms with Gasteiger partial charge in [-0.3, -0.25) is 9.69 Å². The third-order valence-electron chi connectivity index (χ3n) is 6.94. The molecule has 0 radical (unpaired) electrons. The Labute approximate surface area is 190 Å². The van der Waals surface area contributed by atoms with E-state index < -0.39 is 0 Å². The van der Waals surface area contributed by atoms with E-state index in [4.69, 9.17) is 10.5 Å². The monoisotopic (exact) mass is 438 g/mol. The summed E-state index contributed by atoms with van der Waals surface area (Å²) in [6.07, 6.45) is 6.46. The van der Waals surface area contributed by atoms with Crippen molar-refractivity contribution < 1.29 is 14.6 Å². The summed E-state index contributed by atoms with van der Waals surface area (Å²) in [5.41, 5.74) is 7.51. The quantitative estimate of drug-likeness (QED) is 0.749. The molecular weight excluding hydrogens is 404 g/mol.